The van der Waals surface area contributed by atoms with Gasteiger partial charge in [-0.2, -0.15) is 0 Å². The SMILES string of the molecule is Cc1ccc(Cl)cc1N1CCN(C(=O)COc2ccccc2F)CC1. The van der Waals surface area contributed by atoms with Gasteiger partial charge in [-0.1, -0.05) is 29.8 Å². The molecule has 0 bridgehead atoms. The van der Waals surface area contributed by atoms with Gasteiger partial charge in [-0.25, -0.2) is 4.39 Å². The molecule has 0 atom stereocenters. The second kappa shape index (κ2) is 7.74. The number of amides is 1. The van der Waals surface area contributed by atoms with Crippen LogP contribution in [0, 0.1) is 12.7 Å². The predicted octanol–water partition coefficient (Wildman–Crippen LogP) is 3.52. The molecule has 1 saturated heterocycles. The van der Waals surface area contributed by atoms with Crippen molar-refractivity contribution in [3.63, 3.8) is 0 Å². The zero-order valence-electron chi connectivity index (χ0n) is 14.0. The van der Waals surface area contributed by atoms with Crippen molar-refractivity contribution in [2.75, 3.05) is 37.7 Å². The molecule has 3 rings (SSSR count). The van der Waals surface area contributed by atoms with Crippen LogP contribution < -0.4 is 9.64 Å². The molecular weight excluding hydrogens is 343 g/mol. The van der Waals surface area contributed by atoms with Crippen molar-refractivity contribution in [3.8, 4) is 5.75 Å². The van der Waals surface area contributed by atoms with Crippen LogP contribution in [0.4, 0.5) is 10.1 Å². The van der Waals surface area contributed by atoms with Crippen LogP contribution in [-0.2, 0) is 4.79 Å². The quantitative estimate of drug-likeness (QED) is 0.834. The zero-order valence-corrected chi connectivity index (χ0v) is 14.8. The number of carbonyl (C=O) groups is 1. The van der Waals surface area contributed by atoms with Gasteiger partial charge in [0.1, 0.15) is 0 Å². The number of benzene rings is 2. The molecule has 1 fully saturated rings. The van der Waals surface area contributed by atoms with Gasteiger partial charge in [-0.3, -0.25) is 4.79 Å². The summed E-state index contributed by atoms with van der Waals surface area (Å²) in [6, 6.07) is 11.9. The maximum absolute atomic E-state index is 13.5. The van der Waals surface area contributed by atoms with Crippen molar-refractivity contribution in [2.24, 2.45) is 0 Å². The Labute approximate surface area is 151 Å². The molecule has 1 amide bonds. The molecule has 0 N–H and O–H groups in total. The van der Waals surface area contributed by atoms with Crippen LogP contribution in [-0.4, -0.2) is 43.6 Å². The van der Waals surface area contributed by atoms with Crippen LogP contribution in [0.3, 0.4) is 0 Å². The fraction of sp³-hybridized carbons (Fsp3) is 0.316. The van der Waals surface area contributed by atoms with Gasteiger partial charge in [0.25, 0.3) is 5.91 Å². The maximum Gasteiger partial charge on any atom is 0.260 e. The van der Waals surface area contributed by atoms with Gasteiger partial charge in [0.15, 0.2) is 18.2 Å². The molecule has 1 aliphatic heterocycles. The number of nitrogens with zero attached hydrogens (tertiary/aromatic N) is 2. The lowest BCUT2D eigenvalue weighted by molar-refractivity contribution is -0.133. The lowest BCUT2D eigenvalue weighted by Gasteiger charge is -2.36. The van der Waals surface area contributed by atoms with E-state index in [1.807, 2.05) is 25.1 Å². The molecule has 0 saturated carbocycles. The number of anilines is 1. The van der Waals surface area contributed by atoms with Crippen molar-refractivity contribution in [3.05, 3.63) is 58.9 Å². The third kappa shape index (κ3) is 4.23. The third-order valence-electron chi connectivity index (χ3n) is 4.33. The second-order valence-corrected chi connectivity index (χ2v) is 6.45. The van der Waals surface area contributed by atoms with Crippen molar-refractivity contribution < 1.29 is 13.9 Å². The molecule has 2 aromatic rings. The first-order valence-corrected chi connectivity index (χ1v) is 8.58. The van der Waals surface area contributed by atoms with Gasteiger partial charge in [-0.05, 0) is 36.8 Å². The molecule has 1 heterocycles. The Morgan fingerprint density at radius 1 is 1.16 bits per heavy atom. The van der Waals surface area contributed by atoms with Gasteiger partial charge in [0.05, 0.1) is 0 Å². The molecule has 132 valence electrons. The van der Waals surface area contributed by atoms with Crippen LogP contribution >= 0.6 is 11.6 Å². The fourth-order valence-corrected chi connectivity index (χ4v) is 3.08. The number of ether oxygens (including phenoxy) is 1. The fourth-order valence-electron chi connectivity index (χ4n) is 2.91. The standard InChI is InChI=1S/C19H20ClFN2O2/c1-14-6-7-15(20)12-17(14)22-8-10-23(11-9-22)19(24)13-25-18-5-3-2-4-16(18)21/h2-7,12H,8-11,13H2,1H3. The van der Waals surface area contributed by atoms with Gasteiger partial charge in [0, 0.05) is 36.9 Å². The van der Waals surface area contributed by atoms with E-state index >= 15 is 0 Å². The summed E-state index contributed by atoms with van der Waals surface area (Å²) in [6.45, 7) is 4.55. The summed E-state index contributed by atoms with van der Waals surface area (Å²) in [5.74, 6) is -0.494. The minimum absolute atomic E-state index is 0.101. The van der Waals surface area contributed by atoms with E-state index in [1.54, 1.807) is 17.0 Å². The highest BCUT2D eigenvalue weighted by molar-refractivity contribution is 6.30. The highest BCUT2D eigenvalue weighted by atomic mass is 35.5. The van der Waals surface area contributed by atoms with Crippen LogP contribution in [0.1, 0.15) is 5.56 Å². The smallest absolute Gasteiger partial charge is 0.260 e. The van der Waals surface area contributed by atoms with Crippen LogP contribution in [0.2, 0.25) is 5.02 Å². The Kier molecular flexibility index (Phi) is 5.43. The number of rotatable bonds is 4. The van der Waals surface area contributed by atoms with Crippen molar-refractivity contribution >= 4 is 23.2 Å². The number of hydrogen-bond donors (Lipinski definition) is 0. The summed E-state index contributed by atoms with van der Waals surface area (Å²) in [5.41, 5.74) is 2.26. The second-order valence-electron chi connectivity index (χ2n) is 6.02. The molecule has 0 radical (unpaired) electrons. The summed E-state index contributed by atoms with van der Waals surface area (Å²) in [6.07, 6.45) is 0. The molecule has 0 aliphatic carbocycles. The van der Waals surface area contributed by atoms with Gasteiger partial charge < -0.3 is 14.5 Å². The molecule has 4 nitrogen and oxygen atoms in total. The average molecular weight is 363 g/mol. The molecular formula is C19H20ClFN2O2. The van der Waals surface area contributed by atoms with E-state index in [4.69, 9.17) is 16.3 Å². The molecule has 25 heavy (non-hydrogen) atoms. The molecule has 6 heteroatoms. The topological polar surface area (TPSA) is 32.8 Å². The maximum atomic E-state index is 13.5. The highest BCUT2D eigenvalue weighted by Gasteiger charge is 2.22. The van der Waals surface area contributed by atoms with E-state index < -0.39 is 5.82 Å². The van der Waals surface area contributed by atoms with Crippen LogP contribution in [0.25, 0.3) is 0 Å². The number of hydrogen-bond acceptors (Lipinski definition) is 3. The Morgan fingerprint density at radius 2 is 1.88 bits per heavy atom. The average Bonchev–Trinajstić information content (AvgIpc) is 2.63. The van der Waals surface area contributed by atoms with E-state index in [2.05, 4.69) is 4.90 Å². The lowest BCUT2D eigenvalue weighted by atomic mass is 10.1. The van der Waals surface area contributed by atoms with Crippen molar-refractivity contribution in [1.29, 1.82) is 0 Å². The van der Waals surface area contributed by atoms with E-state index in [9.17, 15) is 9.18 Å². The lowest BCUT2D eigenvalue weighted by Crippen LogP contribution is -2.50. The Morgan fingerprint density at radius 3 is 2.60 bits per heavy atom. The Bertz CT molecular complexity index is 761. The number of halogens is 2. The largest absolute Gasteiger partial charge is 0.481 e. The van der Waals surface area contributed by atoms with Gasteiger partial charge >= 0.3 is 0 Å². The Hall–Kier alpha value is -2.27. The zero-order chi connectivity index (χ0) is 17.8. The van der Waals surface area contributed by atoms with E-state index in [1.165, 1.54) is 12.1 Å². The summed E-state index contributed by atoms with van der Waals surface area (Å²) in [7, 11) is 0. The molecule has 2 aromatic carbocycles. The summed E-state index contributed by atoms with van der Waals surface area (Å²) < 4.78 is 18.8. The predicted molar refractivity (Wildman–Crippen MR) is 96.9 cm³/mol. The van der Waals surface area contributed by atoms with E-state index in [-0.39, 0.29) is 18.3 Å². The molecule has 1 aliphatic rings. The van der Waals surface area contributed by atoms with Crippen molar-refractivity contribution in [1.82, 2.24) is 4.90 Å². The van der Waals surface area contributed by atoms with Crippen LogP contribution in [0.15, 0.2) is 42.5 Å². The van der Waals surface area contributed by atoms with Crippen molar-refractivity contribution in [2.45, 2.75) is 6.92 Å². The highest BCUT2D eigenvalue weighted by Crippen LogP contribution is 2.25. The minimum atomic E-state index is -0.462. The summed E-state index contributed by atoms with van der Waals surface area (Å²) in [4.78, 5) is 16.3. The monoisotopic (exact) mass is 362 g/mol. The first-order valence-electron chi connectivity index (χ1n) is 8.21. The first-order chi connectivity index (χ1) is 12.0. The first kappa shape index (κ1) is 17.5. The Balaban J connectivity index is 1.54. The normalized spacial score (nSPS) is 14.5. The molecule has 0 unspecified atom stereocenters. The number of carbonyl (C=O) groups excluding carboxylic acids is 1. The molecule has 0 aromatic heterocycles. The number of aryl methyl sites for hydroxylation is 1. The van der Waals surface area contributed by atoms with Gasteiger partial charge in [-0.15, -0.1) is 0 Å². The summed E-state index contributed by atoms with van der Waals surface area (Å²) >= 11 is 6.09. The van der Waals surface area contributed by atoms with E-state index in [0.717, 1.165) is 24.3 Å². The summed E-state index contributed by atoms with van der Waals surface area (Å²) in [5, 5.41) is 0.706. The number of para-hydroxylation sites is 1. The third-order valence-corrected chi connectivity index (χ3v) is 4.57. The van der Waals surface area contributed by atoms with E-state index in [0.29, 0.717) is 18.1 Å². The minimum Gasteiger partial charge on any atom is -0.481 e. The van der Waals surface area contributed by atoms with Gasteiger partial charge in [0.2, 0.25) is 0 Å². The van der Waals surface area contributed by atoms with Crippen LogP contribution in [0.5, 0.6) is 5.75 Å². The number of piperazine rings is 1. The molecule has 0 spiro atoms.